The minimum absolute atomic E-state index is 0.0851. The Morgan fingerprint density at radius 1 is 1.05 bits per heavy atom. The second kappa shape index (κ2) is 4.32. The summed E-state index contributed by atoms with van der Waals surface area (Å²) in [5.41, 5.74) is 3.15. The smallest absolute Gasteiger partial charge is 0.139 e. The standard InChI is InChI=1S/C19H26O2/c1-18-9-7-13(20)11-12(18)3-4-14-15-5-6-17(21)19(15,2)10-8-16(14)18/h3-4,13,15-16,20H,5-11H2,1-2H3/t13-,15-,16-,18+,19+/m1/s1. The number of rotatable bonds is 0. The number of Topliss-reactive ketones (excluding diaryl/α,β-unsaturated/α-hetero) is 1. The second-order valence-electron chi connectivity index (χ2n) is 8.20. The van der Waals surface area contributed by atoms with Gasteiger partial charge in [0.15, 0.2) is 0 Å². The molecule has 21 heavy (non-hydrogen) atoms. The highest BCUT2D eigenvalue weighted by Crippen LogP contribution is 2.62. The van der Waals surface area contributed by atoms with Crippen molar-refractivity contribution < 1.29 is 9.90 Å². The van der Waals surface area contributed by atoms with E-state index in [0.29, 0.717) is 17.6 Å². The average Bonchev–Trinajstić information content (AvgIpc) is 2.76. The molecule has 0 heterocycles. The fourth-order valence-corrected chi connectivity index (χ4v) is 5.76. The zero-order valence-electron chi connectivity index (χ0n) is 13.2. The van der Waals surface area contributed by atoms with Gasteiger partial charge in [0.1, 0.15) is 5.78 Å². The molecule has 0 unspecified atom stereocenters. The predicted octanol–water partition coefficient (Wildman–Crippen LogP) is 3.80. The quantitative estimate of drug-likeness (QED) is 0.735. The third kappa shape index (κ3) is 1.72. The molecule has 0 aromatic rings. The Bertz CT molecular complexity index is 558. The molecule has 2 heteroatoms. The number of carbonyl (C=O) groups is 1. The van der Waals surface area contributed by atoms with Crippen molar-refractivity contribution in [1.82, 2.24) is 0 Å². The minimum atomic E-state index is -0.152. The molecule has 0 bridgehead atoms. The van der Waals surface area contributed by atoms with Crippen LogP contribution in [-0.2, 0) is 4.79 Å². The van der Waals surface area contributed by atoms with E-state index in [0.717, 1.165) is 44.9 Å². The number of aliphatic hydroxyl groups is 1. The van der Waals surface area contributed by atoms with Gasteiger partial charge in [0.2, 0.25) is 0 Å². The molecule has 4 rings (SSSR count). The first-order valence-electron chi connectivity index (χ1n) is 8.57. The molecular weight excluding hydrogens is 260 g/mol. The first-order valence-corrected chi connectivity index (χ1v) is 8.57. The van der Waals surface area contributed by atoms with Gasteiger partial charge in [-0.15, -0.1) is 0 Å². The maximum Gasteiger partial charge on any atom is 0.139 e. The molecule has 4 aliphatic carbocycles. The lowest BCUT2D eigenvalue weighted by atomic mass is 9.51. The predicted molar refractivity (Wildman–Crippen MR) is 82.7 cm³/mol. The number of allylic oxidation sites excluding steroid dienone is 3. The molecular formula is C19H26O2. The molecule has 114 valence electrons. The first-order chi connectivity index (χ1) is 9.95. The van der Waals surface area contributed by atoms with Crippen LogP contribution in [0.2, 0.25) is 0 Å². The Morgan fingerprint density at radius 2 is 1.76 bits per heavy atom. The summed E-state index contributed by atoms with van der Waals surface area (Å²) >= 11 is 0. The summed E-state index contributed by atoms with van der Waals surface area (Å²) in [4.78, 5) is 12.3. The SMILES string of the molecule is C[C@]12CC[C@@H](O)CC1=CC=C1[C@H]2CC[C@]2(C)C(=O)CC[C@H]12. The second-order valence-corrected chi connectivity index (χ2v) is 8.20. The van der Waals surface area contributed by atoms with E-state index in [1.165, 1.54) is 5.57 Å². The molecule has 0 amide bonds. The topological polar surface area (TPSA) is 37.3 Å². The number of hydrogen-bond donors (Lipinski definition) is 1. The lowest BCUT2D eigenvalue weighted by Gasteiger charge is -2.53. The Morgan fingerprint density at radius 3 is 2.57 bits per heavy atom. The molecule has 0 aliphatic heterocycles. The van der Waals surface area contributed by atoms with Crippen LogP contribution < -0.4 is 0 Å². The zero-order valence-corrected chi connectivity index (χ0v) is 13.2. The van der Waals surface area contributed by atoms with Crippen LogP contribution in [0.3, 0.4) is 0 Å². The molecule has 3 saturated carbocycles. The van der Waals surface area contributed by atoms with Crippen molar-refractivity contribution in [2.45, 2.75) is 64.9 Å². The number of fused-ring (bicyclic) bond motifs is 5. The van der Waals surface area contributed by atoms with Crippen LogP contribution in [0.25, 0.3) is 0 Å². The molecule has 0 saturated heterocycles. The maximum absolute atomic E-state index is 12.3. The lowest BCUT2D eigenvalue weighted by molar-refractivity contribution is -0.127. The van der Waals surface area contributed by atoms with Crippen molar-refractivity contribution in [2.24, 2.45) is 22.7 Å². The van der Waals surface area contributed by atoms with Gasteiger partial charge in [-0.3, -0.25) is 4.79 Å². The largest absolute Gasteiger partial charge is 0.393 e. The van der Waals surface area contributed by atoms with E-state index in [2.05, 4.69) is 26.0 Å². The third-order valence-electron chi connectivity index (χ3n) is 7.26. The fourth-order valence-electron chi connectivity index (χ4n) is 5.76. The molecule has 5 atom stereocenters. The summed E-state index contributed by atoms with van der Waals surface area (Å²) in [6.45, 7) is 4.61. The summed E-state index contributed by atoms with van der Waals surface area (Å²) in [6.07, 6.45) is 11.4. The van der Waals surface area contributed by atoms with Crippen LogP contribution >= 0.6 is 0 Å². The van der Waals surface area contributed by atoms with Gasteiger partial charge in [-0.1, -0.05) is 37.1 Å². The molecule has 3 fully saturated rings. The van der Waals surface area contributed by atoms with Crippen molar-refractivity contribution in [3.8, 4) is 0 Å². The molecule has 4 aliphatic rings. The van der Waals surface area contributed by atoms with E-state index >= 15 is 0 Å². The van der Waals surface area contributed by atoms with Crippen molar-refractivity contribution in [1.29, 1.82) is 0 Å². The Hall–Kier alpha value is -0.890. The number of hydrogen-bond acceptors (Lipinski definition) is 2. The molecule has 0 aromatic heterocycles. The molecule has 0 aromatic carbocycles. The highest BCUT2D eigenvalue weighted by Gasteiger charge is 2.56. The van der Waals surface area contributed by atoms with Gasteiger partial charge in [-0.05, 0) is 55.8 Å². The van der Waals surface area contributed by atoms with Crippen LogP contribution in [0.1, 0.15) is 58.8 Å². The Kier molecular flexibility index (Phi) is 2.83. The maximum atomic E-state index is 12.3. The van der Waals surface area contributed by atoms with Gasteiger partial charge in [0, 0.05) is 11.8 Å². The third-order valence-corrected chi connectivity index (χ3v) is 7.26. The summed E-state index contributed by atoms with van der Waals surface area (Å²) in [7, 11) is 0. The summed E-state index contributed by atoms with van der Waals surface area (Å²) in [5, 5.41) is 9.98. The van der Waals surface area contributed by atoms with Gasteiger partial charge in [-0.25, -0.2) is 0 Å². The molecule has 2 nitrogen and oxygen atoms in total. The van der Waals surface area contributed by atoms with Crippen molar-refractivity contribution in [3.05, 3.63) is 23.3 Å². The van der Waals surface area contributed by atoms with Crippen molar-refractivity contribution >= 4 is 5.78 Å². The van der Waals surface area contributed by atoms with Gasteiger partial charge in [-0.2, -0.15) is 0 Å². The van der Waals surface area contributed by atoms with E-state index in [9.17, 15) is 9.90 Å². The van der Waals surface area contributed by atoms with Crippen molar-refractivity contribution in [2.75, 3.05) is 0 Å². The monoisotopic (exact) mass is 286 g/mol. The summed E-state index contributed by atoms with van der Waals surface area (Å²) in [5.74, 6) is 1.57. The van der Waals surface area contributed by atoms with E-state index in [-0.39, 0.29) is 16.9 Å². The number of aliphatic hydroxyl groups excluding tert-OH is 1. The van der Waals surface area contributed by atoms with Gasteiger partial charge < -0.3 is 5.11 Å². The number of ketones is 1. The molecule has 0 spiro atoms. The highest BCUT2D eigenvalue weighted by atomic mass is 16.3. The Balaban J connectivity index is 1.75. The van der Waals surface area contributed by atoms with Crippen LogP contribution in [-0.4, -0.2) is 17.0 Å². The highest BCUT2D eigenvalue weighted by molar-refractivity contribution is 5.88. The molecule has 1 N–H and O–H groups in total. The molecule has 0 radical (unpaired) electrons. The van der Waals surface area contributed by atoms with E-state index in [1.54, 1.807) is 5.57 Å². The first kappa shape index (κ1) is 13.8. The van der Waals surface area contributed by atoms with Crippen molar-refractivity contribution in [3.63, 3.8) is 0 Å². The van der Waals surface area contributed by atoms with Crippen LogP contribution in [0, 0.1) is 22.7 Å². The Labute approximate surface area is 127 Å². The normalized spacial score (nSPS) is 48.9. The van der Waals surface area contributed by atoms with Gasteiger partial charge in [0.25, 0.3) is 0 Å². The summed E-state index contributed by atoms with van der Waals surface area (Å²) < 4.78 is 0. The van der Waals surface area contributed by atoms with E-state index in [1.807, 2.05) is 0 Å². The zero-order chi connectivity index (χ0) is 14.8. The fraction of sp³-hybridized carbons (Fsp3) is 0.737. The van der Waals surface area contributed by atoms with E-state index in [4.69, 9.17) is 0 Å². The lowest BCUT2D eigenvalue weighted by Crippen LogP contribution is -2.46. The van der Waals surface area contributed by atoms with Crippen LogP contribution in [0.4, 0.5) is 0 Å². The van der Waals surface area contributed by atoms with Crippen LogP contribution in [0.5, 0.6) is 0 Å². The number of carbonyl (C=O) groups excluding carboxylic acids is 1. The summed E-state index contributed by atoms with van der Waals surface area (Å²) in [6, 6.07) is 0. The van der Waals surface area contributed by atoms with E-state index < -0.39 is 0 Å². The average molecular weight is 286 g/mol. The minimum Gasteiger partial charge on any atom is -0.393 e. The van der Waals surface area contributed by atoms with Gasteiger partial charge in [0.05, 0.1) is 6.10 Å². The van der Waals surface area contributed by atoms with Crippen LogP contribution in [0.15, 0.2) is 23.3 Å². The van der Waals surface area contributed by atoms with Gasteiger partial charge >= 0.3 is 0 Å².